The largest absolute Gasteiger partial charge is 0.478 e. The fourth-order valence-electron chi connectivity index (χ4n) is 0.864. The van der Waals surface area contributed by atoms with Crippen molar-refractivity contribution >= 4 is 5.97 Å². The highest BCUT2D eigenvalue weighted by atomic mass is 16.4. The average molecular weight is 186 g/mol. The van der Waals surface area contributed by atoms with E-state index >= 15 is 0 Å². The number of rotatable bonds is 5. The molecule has 0 bridgehead atoms. The number of aliphatic carboxylic acids is 1. The number of carboxylic acids is 1. The van der Waals surface area contributed by atoms with Gasteiger partial charge in [-0.3, -0.25) is 0 Å². The maximum absolute atomic E-state index is 10.4. The van der Waals surface area contributed by atoms with Gasteiger partial charge in [0.2, 0.25) is 0 Å². The predicted molar refractivity (Wildman–Crippen MR) is 51.5 cm³/mol. The zero-order chi connectivity index (χ0) is 10.5. The highest BCUT2D eigenvalue weighted by Crippen LogP contribution is 2.16. The summed E-state index contributed by atoms with van der Waals surface area (Å²) in [5, 5.41) is 18.1. The van der Waals surface area contributed by atoms with E-state index in [1.54, 1.807) is 19.9 Å². The first-order chi connectivity index (χ1) is 5.89. The van der Waals surface area contributed by atoms with Crippen LogP contribution in [0.15, 0.2) is 11.6 Å². The van der Waals surface area contributed by atoms with Crippen LogP contribution < -0.4 is 0 Å². The summed E-state index contributed by atoms with van der Waals surface area (Å²) in [6, 6.07) is 0. The third-order valence-electron chi connectivity index (χ3n) is 2.23. The maximum Gasteiger partial charge on any atom is 0.330 e. The van der Waals surface area contributed by atoms with Gasteiger partial charge in [-0.1, -0.05) is 13.0 Å². The van der Waals surface area contributed by atoms with Crippen molar-refractivity contribution in [3.8, 4) is 0 Å². The number of hydrogen-bond donors (Lipinski definition) is 2. The zero-order valence-electron chi connectivity index (χ0n) is 8.50. The molecule has 0 saturated heterocycles. The van der Waals surface area contributed by atoms with E-state index < -0.39 is 11.6 Å². The summed E-state index contributed by atoms with van der Waals surface area (Å²) in [7, 11) is 0. The van der Waals surface area contributed by atoms with Crippen LogP contribution in [-0.2, 0) is 4.79 Å². The topological polar surface area (TPSA) is 57.5 Å². The Morgan fingerprint density at radius 1 is 1.54 bits per heavy atom. The smallest absolute Gasteiger partial charge is 0.330 e. The highest BCUT2D eigenvalue weighted by Gasteiger charge is 2.15. The molecule has 2 N–H and O–H groups in total. The molecule has 1 unspecified atom stereocenters. The van der Waals surface area contributed by atoms with Crippen molar-refractivity contribution in [1.82, 2.24) is 0 Å². The molecular formula is C10H18O3. The second kappa shape index (κ2) is 5.02. The molecule has 13 heavy (non-hydrogen) atoms. The van der Waals surface area contributed by atoms with Crippen LogP contribution in [0.5, 0.6) is 0 Å². The van der Waals surface area contributed by atoms with Crippen LogP contribution in [0.4, 0.5) is 0 Å². The summed E-state index contributed by atoms with van der Waals surface area (Å²) in [5.41, 5.74) is -0.332. The van der Waals surface area contributed by atoms with E-state index in [1.807, 2.05) is 6.92 Å². The molecule has 76 valence electrons. The van der Waals surface area contributed by atoms with Gasteiger partial charge in [-0.25, -0.2) is 4.79 Å². The Morgan fingerprint density at radius 2 is 2.08 bits per heavy atom. The third-order valence-corrected chi connectivity index (χ3v) is 2.23. The molecule has 0 saturated carbocycles. The van der Waals surface area contributed by atoms with E-state index in [0.717, 1.165) is 0 Å². The van der Waals surface area contributed by atoms with Crippen molar-refractivity contribution in [2.45, 2.75) is 45.6 Å². The van der Waals surface area contributed by atoms with Crippen LogP contribution in [0.2, 0.25) is 0 Å². The number of carbonyl (C=O) groups is 1. The molecular weight excluding hydrogens is 168 g/mol. The van der Waals surface area contributed by atoms with Gasteiger partial charge in [0.05, 0.1) is 5.60 Å². The Kier molecular flexibility index (Phi) is 4.70. The maximum atomic E-state index is 10.4. The van der Waals surface area contributed by atoms with Gasteiger partial charge in [-0.15, -0.1) is 0 Å². The SMILES string of the molecule is CCC(C)(O)CCC=C(C)C(=O)O. The standard InChI is InChI=1S/C10H18O3/c1-4-10(3,13)7-5-6-8(2)9(11)12/h6,13H,4-5,7H2,1-3H3,(H,11,12). The van der Waals surface area contributed by atoms with Crippen LogP contribution in [0, 0.1) is 0 Å². The molecule has 3 nitrogen and oxygen atoms in total. The van der Waals surface area contributed by atoms with Gasteiger partial charge >= 0.3 is 5.97 Å². The molecule has 0 radical (unpaired) electrons. The predicted octanol–water partition coefficient (Wildman–Crippen LogP) is 1.96. The Balaban J connectivity index is 3.92. The third kappa shape index (κ3) is 5.42. The normalized spacial score (nSPS) is 16.8. The average Bonchev–Trinajstić information content (AvgIpc) is 2.04. The number of carboxylic acid groups (broad SMARTS) is 1. The van der Waals surface area contributed by atoms with Gasteiger partial charge in [-0.2, -0.15) is 0 Å². The molecule has 3 heteroatoms. The Hall–Kier alpha value is -0.830. The van der Waals surface area contributed by atoms with Crippen LogP contribution in [0.25, 0.3) is 0 Å². The van der Waals surface area contributed by atoms with E-state index in [0.29, 0.717) is 24.8 Å². The number of hydrogen-bond acceptors (Lipinski definition) is 2. The van der Waals surface area contributed by atoms with Gasteiger partial charge in [-0.05, 0) is 33.1 Å². The minimum Gasteiger partial charge on any atom is -0.478 e. The summed E-state index contributed by atoms with van der Waals surface area (Å²) in [4.78, 5) is 10.4. The minimum absolute atomic E-state index is 0.340. The monoisotopic (exact) mass is 186 g/mol. The molecule has 0 aliphatic carbocycles. The summed E-state index contributed by atoms with van der Waals surface area (Å²) in [6.07, 6.45) is 3.55. The molecule has 0 aliphatic rings. The van der Waals surface area contributed by atoms with Crippen LogP contribution in [0.3, 0.4) is 0 Å². The van der Waals surface area contributed by atoms with Gasteiger partial charge < -0.3 is 10.2 Å². The van der Waals surface area contributed by atoms with Gasteiger partial charge in [0, 0.05) is 5.57 Å². The Labute approximate surface area is 79.1 Å². The molecule has 0 heterocycles. The number of aliphatic hydroxyl groups is 1. The molecule has 0 fully saturated rings. The van der Waals surface area contributed by atoms with Crippen molar-refractivity contribution in [2.24, 2.45) is 0 Å². The Morgan fingerprint density at radius 3 is 2.46 bits per heavy atom. The van der Waals surface area contributed by atoms with Crippen LogP contribution >= 0.6 is 0 Å². The summed E-state index contributed by atoms with van der Waals surface area (Å²) in [5.74, 6) is -0.892. The molecule has 0 spiro atoms. The van der Waals surface area contributed by atoms with Crippen LogP contribution in [0.1, 0.15) is 40.0 Å². The molecule has 0 aromatic rings. The van der Waals surface area contributed by atoms with Crippen molar-refractivity contribution in [3.05, 3.63) is 11.6 Å². The lowest BCUT2D eigenvalue weighted by Gasteiger charge is -2.19. The fraction of sp³-hybridized carbons (Fsp3) is 0.700. The van der Waals surface area contributed by atoms with Gasteiger partial charge in [0.1, 0.15) is 0 Å². The molecule has 0 aromatic carbocycles. The lowest BCUT2D eigenvalue weighted by atomic mass is 9.97. The minimum atomic E-state index is -0.892. The van der Waals surface area contributed by atoms with E-state index in [2.05, 4.69) is 0 Å². The quantitative estimate of drug-likeness (QED) is 0.645. The summed E-state index contributed by atoms with van der Waals surface area (Å²) < 4.78 is 0. The highest BCUT2D eigenvalue weighted by molar-refractivity contribution is 5.85. The fourth-order valence-corrected chi connectivity index (χ4v) is 0.864. The second-order valence-corrected chi connectivity index (χ2v) is 3.58. The van der Waals surface area contributed by atoms with Crippen molar-refractivity contribution < 1.29 is 15.0 Å². The van der Waals surface area contributed by atoms with Gasteiger partial charge in [0.25, 0.3) is 0 Å². The second-order valence-electron chi connectivity index (χ2n) is 3.58. The van der Waals surface area contributed by atoms with E-state index in [-0.39, 0.29) is 0 Å². The first-order valence-corrected chi connectivity index (χ1v) is 4.51. The van der Waals surface area contributed by atoms with E-state index in [9.17, 15) is 9.90 Å². The summed E-state index contributed by atoms with van der Waals surface area (Å²) in [6.45, 7) is 5.23. The molecule has 0 aliphatic heterocycles. The zero-order valence-corrected chi connectivity index (χ0v) is 8.50. The number of allylic oxidation sites excluding steroid dienone is 1. The van der Waals surface area contributed by atoms with Gasteiger partial charge in [0.15, 0.2) is 0 Å². The van der Waals surface area contributed by atoms with Crippen molar-refractivity contribution in [1.29, 1.82) is 0 Å². The lowest BCUT2D eigenvalue weighted by molar-refractivity contribution is -0.132. The Bertz CT molecular complexity index is 204. The molecule has 0 aromatic heterocycles. The first kappa shape index (κ1) is 12.2. The van der Waals surface area contributed by atoms with Crippen LogP contribution in [-0.4, -0.2) is 21.8 Å². The molecule has 0 rings (SSSR count). The molecule has 0 amide bonds. The van der Waals surface area contributed by atoms with E-state index in [4.69, 9.17) is 5.11 Å². The summed E-state index contributed by atoms with van der Waals surface area (Å²) >= 11 is 0. The molecule has 1 atom stereocenters. The lowest BCUT2D eigenvalue weighted by Crippen LogP contribution is -2.21. The van der Waals surface area contributed by atoms with E-state index in [1.165, 1.54) is 0 Å². The van der Waals surface area contributed by atoms with Crippen molar-refractivity contribution in [2.75, 3.05) is 0 Å². The van der Waals surface area contributed by atoms with Crippen molar-refractivity contribution in [3.63, 3.8) is 0 Å². The first-order valence-electron chi connectivity index (χ1n) is 4.51.